The zero-order valence-electron chi connectivity index (χ0n) is 14.4. The fraction of sp³-hybridized carbons (Fsp3) is 0.350. The Labute approximate surface area is 147 Å². The number of carbonyl (C=O) groups is 1. The third-order valence-electron chi connectivity index (χ3n) is 4.62. The van der Waals surface area contributed by atoms with E-state index in [9.17, 15) is 9.18 Å². The van der Waals surface area contributed by atoms with Gasteiger partial charge in [0.2, 0.25) is 5.91 Å². The van der Waals surface area contributed by atoms with Gasteiger partial charge in [-0.25, -0.2) is 4.39 Å². The Bertz CT molecular complexity index is 735. The molecule has 25 heavy (non-hydrogen) atoms. The molecule has 0 saturated carbocycles. The third kappa shape index (κ3) is 4.37. The summed E-state index contributed by atoms with van der Waals surface area (Å²) >= 11 is 0. The van der Waals surface area contributed by atoms with Gasteiger partial charge in [0.1, 0.15) is 11.6 Å². The predicted molar refractivity (Wildman–Crippen MR) is 94.8 cm³/mol. The van der Waals surface area contributed by atoms with Crippen LogP contribution in [-0.4, -0.2) is 31.0 Å². The van der Waals surface area contributed by atoms with E-state index in [1.807, 2.05) is 18.2 Å². The molecule has 132 valence electrons. The maximum Gasteiger partial charge on any atom is 0.234 e. The summed E-state index contributed by atoms with van der Waals surface area (Å²) in [7, 11) is 1.65. The lowest BCUT2D eigenvalue weighted by atomic mass is 10.0. The average Bonchev–Trinajstić information content (AvgIpc) is 3.09. The van der Waals surface area contributed by atoms with E-state index in [0.717, 1.165) is 25.1 Å². The molecule has 2 aromatic rings. The Hall–Kier alpha value is -2.40. The van der Waals surface area contributed by atoms with Crippen molar-refractivity contribution in [3.63, 3.8) is 0 Å². The molecule has 0 aliphatic carbocycles. The molecule has 1 heterocycles. The van der Waals surface area contributed by atoms with Gasteiger partial charge in [0, 0.05) is 18.2 Å². The molecule has 3 rings (SSSR count). The minimum atomic E-state index is -0.293. The van der Waals surface area contributed by atoms with Crippen LogP contribution >= 0.6 is 0 Å². The van der Waals surface area contributed by atoms with Crippen molar-refractivity contribution >= 4 is 5.91 Å². The summed E-state index contributed by atoms with van der Waals surface area (Å²) in [6.07, 6.45) is 2.08. The van der Waals surface area contributed by atoms with Crippen molar-refractivity contribution in [3.05, 3.63) is 65.5 Å². The number of hydrogen-bond acceptors (Lipinski definition) is 3. The third-order valence-corrected chi connectivity index (χ3v) is 4.62. The number of halogens is 1. The van der Waals surface area contributed by atoms with Crippen LogP contribution in [0.5, 0.6) is 5.75 Å². The number of carbonyl (C=O) groups excluding carboxylic acids is 1. The van der Waals surface area contributed by atoms with Gasteiger partial charge >= 0.3 is 0 Å². The quantitative estimate of drug-likeness (QED) is 0.876. The molecule has 1 fully saturated rings. The molecule has 1 saturated heterocycles. The van der Waals surface area contributed by atoms with Gasteiger partial charge in [0.05, 0.1) is 13.7 Å². The van der Waals surface area contributed by atoms with Crippen LogP contribution in [0.2, 0.25) is 0 Å². The van der Waals surface area contributed by atoms with Crippen LogP contribution in [0.1, 0.15) is 30.0 Å². The lowest BCUT2D eigenvalue weighted by Gasteiger charge is -2.24. The Balaban J connectivity index is 1.59. The van der Waals surface area contributed by atoms with Gasteiger partial charge in [-0.1, -0.05) is 30.3 Å². The first-order valence-corrected chi connectivity index (χ1v) is 8.55. The second-order valence-corrected chi connectivity index (χ2v) is 6.27. The molecule has 1 aliphatic rings. The molecule has 0 bridgehead atoms. The molecule has 4 nitrogen and oxygen atoms in total. The number of ether oxygens (including phenoxy) is 1. The van der Waals surface area contributed by atoms with E-state index in [4.69, 9.17) is 4.74 Å². The molecule has 1 N–H and O–H groups in total. The van der Waals surface area contributed by atoms with Crippen LogP contribution in [-0.2, 0) is 11.3 Å². The van der Waals surface area contributed by atoms with Crippen LogP contribution in [0, 0.1) is 5.82 Å². The van der Waals surface area contributed by atoms with Crippen molar-refractivity contribution in [3.8, 4) is 5.75 Å². The summed E-state index contributed by atoms with van der Waals surface area (Å²) in [6.45, 7) is 1.41. The second kappa shape index (κ2) is 8.12. The molecule has 1 atom stereocenters. The maximum absolute atomic E-state index is 13.6. The van der Waals surface area contributed by atoms with Crippen molar-refractivity contribution in [1.29, 1.82) is 0 Å². The monoisotopic (exact) mass is 342 g/mol. The zero-order valence-corrected chi connectivity index (χ0v) is 14.4. The Kier molecular flexibility index (Phi) is 5.66. The van der Waals surface area contributed by atoms with E-state index in [0.29, 0.717) is 12.1 Å². The number of amides is 1. The van der Waals surface area contributed by atoms with E-state index in [2.05, 4.69) is 16.3 Å². The van der Waals surface area contributed by atoms with Crippen LogP contribution in [0.25, 0.3) is 0 Å². The highest BCUT2D eigenvalue weighted by atomic mass is 19.1. The fourth-order valence-corrected chi connectivity index (χ4v) is 3.32. The van der Waals surface area contributed by atoms with E-state index >= 15 is 0 Å². The lowest BCUT2D eigenvalue weighted by Crippen LogP contribution is -2.36. The van der Waals surface area contributed by atoms with Gasteiger partial charge < -0.3 is 10.1 Å². The molecular formula is C20H23FN2O2. The van der Waals surface area contributed by atoms with Crippen LogP contribution < -0.4 is 10.1 Å². The average molecular weight is 342 g/mol. The summed E-state index contributed by atoms with van der Waals surface area (Å²) in [5.41, 5.74) is 1.67. The van der Waals surface area contributed by atoms with E-state index in [1.165, 1.54) is 11.6 Å². The number of rotatable bonds is 6. The number of benzene rings is 2. The van der Waals surface area contributed by atoms with Gasteiger partial charge in [-0.05, 0) is 43.1 Å². The first kappa shape index (κ1) is 17.4. The normalized spacial score (nSPS) is 17.4. The van der Waals surface area contributed by atoms with Gasteiger partial charge in [-0.3, -0.25) is 9.69 Å². The van der Waals surface area contributed by atoms with Crippen molar-refractivity contribution in [1.82, 2.24) is 10.2 Å². The highest BCUT2D eigenvalue weighted by molar-refractivity contribution is 5.78. The molecule has 0 radical (unpaired) electrons. The summed E-state index contributed by atoms with van der Waals surface area (Å²) < 4.78 is 18.9. The molecular weight excluding hydrogens is 319 g/mol. The molecule has 1 unspecified atom stereocenters. The van der Waals surface area contributed by atoms with E-state index < -0.39 is 0 Å². The number of methoxy groups -OCH3 is 1. The minimum Gasteiger partial charge on any atom is -0.497 e. The van der Waals surface area contributed by atoms with Crippen LogP contribution in [0.3, 0.4) is 0 Å². The molecule has 5 heteroatoms. The first-order chi connectivity index (χ1) is 12.2. The Morgan fingerprint density at radius 1 is 1.28 bits per heavy atom. The highest BCUT2D eigenvalue weighted by Gasteiger charge is 2.27. The predicted octanol–water partition coefficient (Wildman–Crippen LogP) is 3.29. The lowest BCUT2D eigenvalue weighted by molar-refractivity contribution is -0.122. The first-order valence-electron chi connectivity index (χ1n) is 8.55. The van der Waals surface area contributed by atoms with Gasteiger partial charge in [-0.2, -0.15) is 0 Å². The summed E-state index contributed by atoms with van der Waals surface area (Å²) in [6, 6.07) is 14.7. The second-order valence-electron chi connectivity index (χ2n) is 6.27. The standard InChI is InChI=1S/C20H23FN2O2/c1-25-17-8-4-7-15(12-17)19-10-5-11-23(19)14-20(24)22-13-16-6-2-3-9-18(16)21/h2-4,6-9,12,19H,5,10-11,13-14H2,1H3,(H,22,24). The molecule has 0 aromatic heterocycles. The molecule has 2 aromatic carbocycles. The van der Waals surface area contributed by atoms with Crippen molar-refractivity contribution in [2.45, 2.75) is 25.4 Å². The largest absolute Gasteiger partial charge is 0.497 e. The number of nitrogens with one attached hydrogen (secondary N) is 1. The molecule has 1 amide bonds. The van der Waals surface area contributed by atoms with Gasteiger partial charge in [0.15, 0.2) is 0 Å². The Morgan fingerprint density at radius 3 is 2.92 bits per heavy atom. The minimum absolute atomic E-state index is 0.0851. The van der Waals surface area contributed by atoms with E-state index in [-0.39, 0.29) is 24.3 Å². The SMILES string of the molecule is COc1cccc(C2CCCN2CC(=O)NCc2ccccc2F)c1. The van der Waals surface area contributed by atoms with Gasteiger partial charge in [-0.15, -0.1) is 0 Å². The molecule has 0 spiro atoms. The highest BCUT2D eigenvalue weighted by Crippen LogP contribution is 2.33. The molecule has 1 aliphatic heterocycles. The van der Waals surface area contributed by atoms with Crippen molar-refractivity contribution < 1.29 is 13.9 Å². The fourth-order valence-electron chi connectivity index (χ4n) is 3.32. The zero-order chi connectivity index (χ0) is 17.6. The number of nitrogens with zero attached hydrogens (tertiary/aromatic N) is 1. The number of likely N-dealkylation sites (tertiary alicyclic amines) is 1. The van der Waals surface area contributed by atoms with Crippen LogP contribution in [0.15, 0.2) is 48.5 Å². The van der Waals surface area contributed by atoms with Crippen molar-refractivity contribution in [2.24, 2.45) is 0 Å². The summed E-state index contributed by atoms with van der Waals surface area (Å²) in [5, 5.41) is 2.82. The summed E-state index contributed by atoms with van der Waals surface area (Å²) in [5.74, 6) is 0.449. The maximum atomic E-state index is 13.6. The van der Waals surface area contributed by atoms with E-state index in [1.54, 1.807) is 25.3 Å². The van der Waals surface area contributed by atoms with Crippen molar-refractivity contribution in [2.75, 3.05) is 20.2 Å². The smallest absolute Gasteiger partial charge is 0.234 e. The Morgan fingerprint density at radius 2 is 2.12 bits per heavy atom. The summed E-state index contributed by atoms with van der Waals surface area (Å²) in [4.78, 5) is 14.5. The topological polar surface area (TPSA) is 41.6 Å². The van der Waals surface area contributed by atoms with Gasteiger partial charge in [0.25, 0.3) is 0 Å². The number of hydrogen-bond donors (Lipinski definition) is 1. The van der Waals surface area contributed by atoms with Crippen LogP contribution in [0.4, 0.5) is 4.39 Å².